The van der Waals surface area contributed by atoms with E-state index < -0.39 is 0 Å². The summed E-state index contributed by atoms with van der Waals surface area (Å²) in [6.07, 6.45) is 1.17. The van der Waals surface area contributed by atoms with Crippen LogP contribution in [-0.2, 0) is 5.75 Å². The number of hydrogen-bond acceptors (Lipinski definition) is 4. The van der Waals surface area contributed by atoms with Gasteiger partial charge in [-0.3, -0.25) is 0 Å². The molecule has 1 aromatic heterocycles. The second kappa shape index (κ2) is 7.64. The number of hydrogen-bond donors (Lipinski definition) is 1. The van der Waals surface area contributed by atoms with Crippen molar-refractivity contribution >= 4 is 33.5 Å². The molecule has 0 amide bonds. The smallest absolute Gasteiger partial charge is 0.144 e. The molecule has 0 aliphatic heterocycles. The minimum Gasteiger partial charge on any atom is -0.372 e. The van der Waals surface area contributed by atoms with E-state index in [9.17, 15) is 0 Å². The van der Waals surface area contributed by atoms with E-state index in [1.54, 1.807) is 0 Å². The van der Waals surface area contributed by atoms with Gasteiger partial charge in [0, 0.05) is 12.6 Å². The lowest BCUT2D eigenvalue weighted by atomic mass is 10.1. The van der Waals surface area contributed by atoms with Crippen molar-refractivity contribution < 1.29 is 0 Å². The predicted molar refractivity (Wildman–Crippen MR) is 91.2 cm³/mol. The van der Waals surface area contributed by atoms with Gasteiger partial charge >= 0.3 is 0 Å². The van der Waals surface area contributed by atoms with Crippen LogP contribution >= 0.6 is 27.7 Å². The minimum absolute atomic E-state index is 0.839. The summed E-state index contributed by atoms with van der Waals surface area (Å²) in [5, 5.41) is 3.13. The van der Waals surface area contributed by atoms with E-state index in [0.29, 0.717) is 0 Å². The maximum atomic E-state index is 4.70. The zero-order valence-electron chi connectivity index (χ0n) is 11.7. The van der Waals surface area contributed by atoms with Gasteiger partial charge in [0.25, 0.3) is 0 Å². The largest absolute Gasteiger partial charge is 0.372 e. The summed E-state index contributed by atoms with van der Waals surface area (Å²) in [6, 6.07) is 10.2. The Bertz CT molecular complexity index is 561. The fraction of sp³-hybridized carbons (Fsp3) is 0.333. The van der Waals surface area contributed by atoms with Gasteiger partial charge in [-0.05, 0) is 28.1 Å². The summed E-state index contributed by atoms with van der Waals surface area (Å²) in [5.41, 5.74) is 2.04. The molecule has 2 aromatic rings. The van der Waals surface area contributed by atoms with Crippen molar-refractivity contribution in [1.29, 1.82) is 0 Å². The van der Waals surface area contributed by atoms with Crippen LogP contribution in [0.1, 0.15) is 19.2 Å². The molecule has 1 aromatic carbocycles. The van der Waals surface area contributed by atoms with Gasteiger partial charge < -0.3 is 5.32 Å². The molecule has 106 valence electrons. The van der Waals surface area contributed by atoms with Crippen molar-refractivity contribution in [1.82, 2.24) is 9.97 Å². The number of rotatable bonds is 6. The number of aromatic nitrogens is 2. The second-order valence-corrected chi connectivity index (χ2v) is 6.22. The molecule has 5 heteroatoms. The summed E-state index contributed by atoms with van der Waals surface area (Å²) < 4.78 is 0.912. The highest BCUT2D eigenvalue weighted by Gasteiger charge is 2.12. The monoisotopic (exact) mass is 351 g/mol. The van der Waals surface area contributed by atoms with Gasteiger partial charge in [-0.2, -0.15) is 11.8 Å². The molecule has 0 saturated carbocycles. The van der Waals surface area contributed by atoms with E-state index in [-0.39, 0.29) is 0 Å². The fourth-order valence-electron chi connectivity index (χ4n) is 1.82. The van der Waals surface area contributed by atoms with Gasteiger partial charge in [0.15, 0.2) is 0 Å². The van der Waals surface area contributed by atoms with Gasteiger partial charge in [-0.25, -0.2) is 9.97 Å². The van der Waals surface area contributed by atoms with Crippen LogP contribution in [0.2, 0.25) is 0 Å². The third kappa shape index (κ3) is 3.73. The first-order valence-corrected chi connectivity index (χ1v) is 8.58. The Morgan fingerprint density at radius 1 is 1.20 bits per heavy atom. The Balaban J connectivity index is 2.37. The van der Waals surface area contributed by atoms with E-state index in [4.69, 9.17) is 4.98 Å². The molecule has 1 heterocycles. The molecular weight excluding hydrogens is 334 g/mol. The molecule has 0 fully saturated rings. The Labute approximate surface area is 132 Å². The molecule has 0 bridgehead atoms. The molecule has 0 spiro atoms. The van der Waals surface area contributed by atoms with Crippen molar-refractivity contribution in [2.45, 2.75) is 19.1 Å². The summed E-state index contributed by atoms with van der Waals surface area (Å²) in [5.74, 6) is 3.69. The van der Waals surface area contributed by atoms with Gasteiger partial charge in [0.2, 0.25) is 0 Å². The van der Waals surface area contributed by atoms with E-state index >= 15 is 0 Å². The number of benzene rings is 1. The Morgan fingerprint density at radius 2 is 1.95 bits per heavy atom. The lowest BCUT2D eigenvalue weighted by molar-refractivity contribution is 1.02. The predicted octanol–water partition coefficient (Wildman–Crippen LogP) is 4.59. The zero-order chi connectivity index (χ0) is 14.4. The molecule has 20 heavy (non-hydrogen) atoms. The van der Waals surface area contributed by atoms with Crippen LogP contribution in [0.4, 0.5) is 5.82 Å². The molecule has 0 atom stereocenters. The van der Waals surface area contributed by atoms with Crippen molar-refractivity contribution in [2.75, 3.05) is 18.1 Å². The molecule has 0 radical (unpaired) electrons. The highest BCUT2D eigenvalue weighted by atomic mass is 79.9. The maximum Gasteiger partial charge on any atom is 0.144 e. The second-order valence-electron chi connectivity index (χ2n) is 4.32. The van der Waals surface area contributed by atoms with Crippen LogP contribution < -0.4 is 5.32 Å². The minimum atomic E-state index is 0.839. The van der Waals surface area contributed by atoms with Crippen molar-refractivity contribution in [3.05, 3.63) is 40.6 Å². The number of nitrogens with one attached hydrogen (secondary N) is 1. The Kier molecular flexibility index (Phi) is 5.86. The van der Waals surface area contributed by atoms with E-state index in [1.807, 2.05) is 37.0 Å². The molecule has 1 N–H and O–H groups in total. The highest BCUT2D eigenvalue weighted by molar-refractivity contribution is 9.10. The van der Waals surface area contributed by atoms with Crippen molar-refractivity contribution in [3.8, 4) is 11.3 Å². The topological polar surface area (TPSA) is 37.8 Å². The first kappa shape index (κ1) is 15.3. The quantitative estimate of drug-likeness (QED) is 0.772. The normalized spacial score (nSPS) is 10.6. The van der Waals surface area contributed by atoms with E-state index in [0.717, 1.165) is 38.9 Å². The lowest BCUT2D eigenvalue weighted by Gasteiger charge is -2.11. The van der Waals surface area contributed by atoms with Gasteiger partial charge in [0.05, 0.1) is 15.9 Å². The molecule has 3 nitrogen and oxygen atoms in total. The molecule has 2 rings (SSSR count). The molecule has 0 aliphatic rings. The van der Waals surface area contributed by atoms with Gasteiger partial charge in [-0.15, -0.1) is 0 Å². The molecule has 0 saturated heterocycles. The standard InChI is InChI=1S/C15H18BrN3S/c1-3-9-20-10-12-18-14(11-7-5-4-6-8-11)13(16)15(17-2)19-12/h4-8H,3,9-10H2,1-2H3,(H,17,18,19). The average Bonchev–Trinajstić information content (AvgIpc) is 2.49. The van der Waals surface area contributed by atoms with Crippen LogP contribution in [0, 0.1) is 0 Å². The van der Waals surface area contributed by atoms with Crippen LogP contribution in [0.3, 0.4) is 0 Å². The van der Waals surface area contributed by atoms with Crippen LogP contribution in [-0.4, -0.2) is 22.8 Å². The maximum absolute atomic E-state index is 4.70. The molecule has 0 aliphatic carbocycles. The summed E-state index contributed by atoms with van der Waals surface area (Å²) in [6.45, 7) is 2.18. The van der Waals surface area contributed by atoms with Crippen molar-refractivity contribution in [3.63, 3.8) is 0 Å². The third-order valence-electron chi connectivity index (χ3n) is 2.76. The van der Waals surface area contributed by atoms with Crippen molar-refractivity contribution in [2.24, 2.45) is 0 Å². The lowest BCUT2D eigenvalue weighted by Crippen LogP contribution is -2.03. The molecule has 0 unspecified atom stereocenters. The Morgan fingerprint density at radius 3 is 2.60 bits per heavy atom. The van der Waals surface area contributed by atoms with Crippen LogP contribution in [0.25, 0.3) is 11.3 Å². The zero-order valence-corrected chi connectivity index (χ0v) is 14.1. The first-order chi connectivity index (χ1) is 9.76. The van der Waals surface area contributed by atoms with Crippen LogP contribution in [0.5, 0.6) is 0 Å². The summed E-state index contributed by atoms with van der Waals surface area (Å²) >= 11 is 5.47. The first-order valence-electron chi connectivity index (χ1n) is 6.63. The summed E-state index contributed by atoms with van der Waals surface area (Å²) in [4.78, 5) is 9.26. The summed E-state index contributed by atoms with van der Waals surface area (Å²) in [7, 11) is 1.88. The van der Waals surface area contributed by atoms with Gasteiger partial charge in [-0.1, -0.05) is 37.3 Å². The SMILES string of the molecule is CCCSCc1nc(NC)c(Br)c(-c2ccccc2)n1. The fourth-order valence-corrected chi connectivity index (χ4v) is 3.17. The number of thioether (sulfide) groups is 1. The van der Waals surface area contributed by atoms with Gasteiger partial charge in [0.1, 0.15) is 11.6 Å². The van der Waals surface area contributed by atoms with E-state index in [2.05, 4.69) is 45.3 Å². The molecular formula is C15H18BrN3S. The number of anilines is 1. The number of nitrogens with zero attached hydrogens (tertiary/aromatic N) is 2. The third-order valence-corrected chi connectivity index (χ3v) is 4.67. The average molecular weight is 352 g/mol. The van der Waals surface area contributed by atoms with Crippen LogP contribution in [0.15, 0.2) is 34.8 Å². The Hall–Kier alpha value is -1.07. The number of halogens is 1. The highest BCUT2D eigenvalue weighted by Crippen LogP contribution is 2.31. The van der Waals surface area contributed by atoms with E-state index in [1.165, 1.54) is 6.42 Å².